The second-order valence-corrected chi connectivity index (χ2v) is 18.4. The minimum Gasteiger partial charge on any atom is -0.508 e. The number of ether oxygens (including phenoxy) is 3. The Hall–Kier alpha value is -5.68. The van der Waals surface area contributed by atoms with Crippen molar-refractivity contribution in [3.63, 3.8) is 0 Å². The van der Waals surface area contributed by atoms with Gasteiger partial charge >= 0.3 is 11.9 Å². The molecule has 332 valence electrons. The Bertz CT molecular complexity index is 2360. The maximum absolute atomic E-state index is 14.7. The van der Waals surface area contributed by atoms with Crippen LogP contribution in [0.4, 0.5) is 0 Å². The van der Waals surface area contributed by atoms with Crippen LogP contribution in [0.2, 0.25) is 0 Å². The van der Waals surface area contributed by atoms with Crippen LogP contribution in [-0.4, -0.2) is 66.3 Å². The largest absolute Gasteiger partial charge is 0.508 e. The number of phenolic OH excluding ortho intramolecular Hbond substituents is 2. The number of carboxylic acids is 2. The summed E-state index contributed by atoms with van der Waals surface area (Å²) in [5.41, 5.74) is -0.0328. The maximum atomic E-state index is 14.7. The van der Waals surface area contributed by atoms with E-state index in [2.05, 4.69) is 6.08 Å². The van der Waals surface area contributed by atoms with E-state index in [1.807, 2.05) is 66.7 Å². The highest BCUT2D eigenvalue weighted by molar-refractivity contribution is 6.17. The molecule has 6 rings (SSSR count). The number of aromatic hydroxyl groups is 2. The summed E-state index contributed by atoms with van der Waals surface area (Å²) in [6.45, 7) is 20.4. The first-order chi connectivity index (χ1) is 28.9. The smallest absolute Gasteiger partial charge is 0.340 e. The van der Waals surface area contributed by atoms with Crippen LogP contribution >= 0.6 is 0 Å². The summed E-state index contributed by atoms with van der Waals surface area (Å²) in [7, 11) is 0. The molecule has 0 aromatic heterocycles. The molecule has 2 aromatic carbocycles. The standard InChI is InChI=1S/C38H46O9.C13H16O2/c1-21(2)11-10-18-36(8)19-17-24-29(39)28-30(40)26-12-9-13-27-35(6,7)47-37(34(43)44,20-16-23(5)33(41)42)38(26,27)46-32(28)25(31(24)45-36)15-14-22(3)4;1-9(2)4-5-12-8-11(10(3)14)6-7-13(12)15/h11-12,14,16-17,19,27,39H,9-10,13,15,18,20H2,1-8H3,(H,41,42)(H,43,44);4,6-8,15H,5H2,1-3H3. The van der Waals surface area contributed by atoms with Crippen LogP contribution in [-0.2, 0) is 27.2 Å². The predicted molar refractivity (Wildman–Crippen MR) is 239 cm³/mol. The van der Waals surface area contributed by atoms with Crippen molar-refractivity contribution in [2.45, 2.75) is 144 Å². The van der Waals surface area contributed by atoms with Crippen LogP contribution in [0.1, 0.15) is 146 Å². The second kappa shape index (κ2) is 18.0. The molecule has 4 N–H and O–H groups in total. The molecule has 1 fully saturated rings. The normalized spacial score (nSPS) is 23.9. The number of ketones is 2. The van der Waals surface area contributed by atoms with E-state index in [0.717, 1.165) is 17.6 Å². The fourth-order valence-corrected chi connectivity index (χ4v) is 8.94. The molecule has 0 amide bonds. The minimum atomic E-state index is -2.16. The topological polar surface area (TPSA) is 177 Å². The molecule has 3 aliphatic heterocycles. The lowest BCUT2D eigenvalue weighted by Gasteiger charge is -2.50. The number of hydrogen-bond acceptors (Lipinski definition) is 9. The average molecular weight is 851 g/mol. The van der Waals surface area contributed by atoms with E-state index in [4.69, 9.17) is 14.2 Å². The van der Waals surface area contributed by atoms with Gasteiger partial charge in [-0.3, -0.25) is 9.59 Å². The number of allylic oxidation sites excluding steroid dienone is 7. The summed E-state index contributed by atoms with van der Waals surface area (Å²) < 4.78 is 20.2. The van der Waals surface area contributed by atoms with Gasteiger partial charge in [-0.2, -0.15) is 0 Å². The van der Waals surface area contributed by atoms with Crippen LogP contribution in [0.25, 0.3) is 6.08 Å². The van der Waals surface area contributed by atoms with E-state index >= 15 is 0 Å². The van der Waals surface area contributed by atoms with Crippen molar-refractivity contribution in [2.24, 2.45) is 5.92 Å². The number of fused-ring (bicyclic) bond motifs is 2. The summed E-state index contributed by atoms with van der Waals surface area (Å²) in [6.07, 6.45) is 15.8. The van der Waals surface area contributed by atoms with Gasteiger partial charge in [0, 0.05) is 34.6 Å². The van der Waals surface area contributed by atoms with Crippen LogP contribution in [0, 0.1) is 5.92 Å². The summed E-state index contributed by atoms with van der Waals surface area (Å²) in [5.74, 6) is -3.26. The van der Waals surface area contributed by atoms with E-state index in [1.165, 1.54) is 31.1 Å². The maximum Gasteiger partial charge on any atom is 0.340 e. The fourth-order valence-electron chi connectivity index (χ4n) is 8.94. The first kappa shape index (κ1) is 47.4. The van der Waals surface area contributed by atoms with Crippen molar-refractivity contribution >= 4 is 29.6 Å². The predicted octanol–water partition coefficient (Wildman–Crippen LogP) is 10.6. The molecule has 0 bridgehead atoms. The van der Waals surface area contributed by atoms with Crippen molar-refractivity contribution in [1.82, 2.24) is 0 Å². The van der Waals surface area contributed by atoms with Crippen LogP contribution in [0.5, 0.6) is 23.0 Å². The van der Waals surface area contributed by atoms with Crippen LogP contribution in [0.3, 0.4) is 0 Å². The summed E-state index contributed by atoms with van der Waals surface area (Å²) in [6, 6.07) is 4.96. The quantitative estimate of drug-likeness (QED) is 0.0908. The van der Waals surface area contributed by atoms with Gasteiger partial charge in [-0.05, 0) is 151 Å². The van der Waals surface area contributed by atoms with Gasteiger partial charge in [-0.15, -0.1) is 0 Å². The number of aliphatic carboxylic acids is 2. The van der Waals surface area contributed by atoms with E-state index in [9.17, 15) is 39.6 Å². The molecule has 11 heteroatoms. The van der Waals surface area contributed by atoms with Gasteiger partial charge in [0.05, 0.1) is 11.2 Å². The van der Waals surface area contributed by atoms with E-state index in [-0.39, 0.29) is 46.2 Å². The van der Waals surface area contributed by atoms with Gasteiger partial charge in [0.25, 0.3) is 0 Å². The van der Waals surface area contributed by atoms with Gasteiger partial charge in [-0.1, -0.05) is 47.1 Å². The molecule has 4 aliphatic rings. The monoisotopic (exact) mass is 850 g/mol. The molecule has 0 saturated carbocycles. The number of Topliss-reactive ketones (excluding diaryl/α,β-unsaturated/α-hetero) is 2. The van der Waals surface area contributed by atoms with Gasteiger partial charge in [-0.25, -0.2) is 9.59 Å². The number of carbonyl (C=O) groups excluding carboxylic acids is 2. The zero-order valence-corrected chi connectivity index (χ0v) is 37.9. The van der Waals surface area contributed by atoms with Gasteiger partial charge in [0.1, 0.15) is 34.2 Å². The Labute approximate surface area is 365 Å². The fraction of sp³-hybridized carbons (Fsp3) is 0.451. The van der Waals surface area contributed by atoms with Gasteiger partial charge < -0.3 is 34.6 Å². The molecule has 4 atom stereocenters. The molecule has 1 aliphatic carbocycles. The van der Waals surface area contributed by atoms with Crippen molar-refractivity contribution in [3.8, 4) is 23.0 Å². The molecular weight excluding hydrogens is 789 g/mol. The molecule has 2 aromatic rings. The van der Waals surface area contributed by atoms with Crippen molar-refractivity contribution in [1.29, 1.82) is 0 Å². The SMILES string of the molecule is CC(=O)c1ccc(O)c(CC=C(C)C)c1.CC(C)=CCCC1(C)C=Cc2c(O)c3c(c(CC=C(C)C)c2O1)OC12C(=CCCC1C(C)(C)OC2(CC=C(C)C(=O)O)C(=O)O)C3=O. The van der Waals surface area contributed by atoms with Crippen molar-refractivity contribution < 1.29 is 53.8 Å². The number of rotatable bonds is 12. The second-order valence-electron chi connectivity index (χ2n) is 18.4. The Morgan fingerprint density at radius 2 is 1.48 bits per heavy atom. The number of benzene rings is 2. The molecule has 0 radical (unpaired) electrons. The number of phenols is 2. The number of hydrogen-bond donors (Lipinski definition) is 4. The third-order valence-electron chi connectivity index (χ3n) is 12.3. The zero-order chi connectivity index (χ0) is 46.1. The van der Waals surface area contributed by atoms with Gasteiger partial charge in [0.15, 0.2) is 17.2 Å². The first-order valence-corrected chi connectivity index (χ1v) is 21.2. The average Bonchev–Trinajstić information content (AvgIpc) is 3.38. The Kier molecular flexibility index (Phi) is 13.7. The number of carboxylic acid groups (broad SMARTS) is 2. The molecule has 1 saturated heterocycles. The summed E-state index contributed by atoms with van der Waals surface area (Å²) >= 11 is 0. The highest BCUT2D eigenvalue weighted by atomic mass is 16.6. The summed E-state index contributed by atoms with van der Waals surface area (Å²) in [4.78, 5) is 51.2. The molecule has 3 heterocycles. The Morgan fingerprint density at radius 1 is 0.839 bits per heavy atom. The zero-order valence-electron chi connectivity index (χ0n) is 37.9. The lowest BCUT2D eigenvalue weighted by atomic mass is 9.60. The minimum absolute atomic E-state index is 0.0217. The molecule has 1 spiro atoms. The first-order valence-electron chi connectivity index (χ1n) is 21.2. The van der Waals surface area contributed by atoms with Crippen molar-refractivity contribution in [3.05, 3.63) is 110 Å². The third kappa shape index (κ3) is 8.96. The highest BCUT2D eigenvalue weighted by Gasteiger charge is 2.77. The number of carbonyl (C=O) groups is 4. The Morgan fingerprint density at radius 3 is 2.08 bits per heavy atom. The van der Waals surface area contributed by atoms with Crippen LogP contribution in [0.15, 0.2) is 82.5 Å². The molecule has 4 unspecified atom stereocenters. The lowest BCUT2D eigenvalue weighted by molar-refractivity contribution is -0.184. The molecule has 11 nitrogen and oxygen atoms in total. The third-order valence-corrected chi connectivity index (χ3v) is 12.3. The lowest BCUT2D eigenvalue weighted by Crippen LogP contribution is -2.66. The Balaban J connectivity index is 0.000000409. The van der Waals surface area contributed by atoms with Crippen molar-refractivity contribution in [2.75, 3.05) is 0 Å². The van der Waals surface area contributed by atoms with E-state index in [0.29, 0.717) is 54.5 Å². The highest BCUT2D eigenvalue weighted by Crippen LogP contribution is 2.64. The van der Waals surface area contributed by atoms with Gasteiger partial charge in [0.2, 0.25) is 5.60 Å². The summed E-state index contributed by atoms with van der Waals surface area (Å²) in [5, 5.41) is 42.0. The molecular formula is C51H62O11. The van der Waals surface area contributed by atoms with Crippen LogP contribution < -0.4 is 9.47 Å². The molecule has 62 heavy (non-hydrogen) atoms. The van der Waals surface area contributed by atoms with E-state index in [1.54, 1.807) is 44.2 Å². The van der Waals surface area contributed by atoms with E-state index < -0.39 is 46.0 Å².